The summed E-state index contributed by atoms with van der Waals surface area (Å²) in [5, 5.41) is 0. The van der Waals surface area contributed by atoms with Crippen molar-refractivity contribution < 1.29 is 19.0 Å². The molecule has 0 radical (unpaired) electrons. The maximum absolute atomic E-state index is 11.4. The average molecular weight is 237 g/mol. The van der Waals surface area contributed by atoms with Crippen LogP contribution in [0.5, 0.6) is 11.5 Å². The molecule has 0 fully saturated rings. The molecule has 5 nitrogen and oxygen atoms in total. The van der Waals surface area contributed by atoms with E-state index >= 15 is 0 Å². The predicted molar refractivity (Wildman–Crippen MR) is 62.9 cm³/mol. The Hall–Kier alpha value is -1.91. The van der Waals surface area contributed by atoms with Gasteiger partial charge in [0.15, 0.2) is 11.5 Å². The zero-order valence-electron chi connectivity index (χ0n) is 9.93. The number of anilines is 1. The van der Waals surface area contributed by atoms with Gasteiger partial charge in [-0.2, -0.15) is 0 Å². The van der Waals surface area contributed by atoms with Crippen molar-refractivity contribution in [3.8, 4) is 11.5 Å². The third kappa shape index (κ3) is 2.43. The molecule has 1 aromatic carbocycles. The standard InChI is InChI=1S/C12H15NO4/c1-13(12(14)15-2)9-4-5-10-11(8-9)17-7-3-6-16-10/h4-5,8H,3,6-7H2,1-2H3. The number of hydrogen-bond acceptors (Lipinski definition) is 4. The van der Waals surface area contributed by atoms with Gasteiger partial charge in [-0.05, 0) is 12.1 Å². The third-order valence-electron chi connectivity index (χ3n) is 2.57. The van der Waals surface area contributed by atoms with E-state index in [2.05, 4.69) is 4.74 Å². The van der Waals surface area contributed by atoms with Crippen LogP contribution in [0.4, 0.5) is 10.5 Å². The highest BCUT2D eigenvalue weighted by molar-refractivity contribution is 5.87. The van der Waals surface area contributed by atoms with E-state index in [0.717, 1.165) is 6.42 Å². The number of nitrogens with zero attached hydrogens (tertiary/aromatic N) is 1. The average Bonchev–Trinajstić information content (AvgIpc) is 2.61. The lowest BCUT2D eigenvalue weighted by Crippen LogP contribution is -2.25. The number of ether oxygens (including phenoxy) is 3. The minimum absolute atomic E-state index is 0.417. The third-order valence-corrected chi connectivity index (χ3v) is 2.57. The van der Waals surface area contributed by atoms with Crippen LogP contribution in [0.2, 0.25) is 0 Å². The first-order valence-electron chi connectivity index (χ1n) is 5.43. The molecular weight excluding hydrogens is 222 g/mol. The molecule has 0 unspecified atom stereocenters. The number of carbonyl (C=O) groups excluding carboxylic acids is 1. The van der Waals surface area contributed by atoms with E-state index in [9.17, 15) is 4.79 Å². The molecule has 1 aromatic rings. The number of rotatable bonds is 1. The molecule has 0 aromatic heterocycles. The molecule has 0 saturated heterocycles. The SMILES string of the molecule is COC(=O)N(C)c1ccc2c(c1)OCCCO2. The molecule has 0 saturated carbocycles. The molecule has 0 atom stereocenters. The number of carbonyl (C=O) groups is 1. The van der Waals surface area contributed by atoms with Gasteiger partial charge in [-0.15, -0.1) is 0 Å². The van der Waals surface area contributed by atoms with Crippen LogP contribution in [-0.4, -0.2) is 33.5 Å². The summed E-state index contributed by atoms with van der Waals surface area (Å²) in [6.07, 6.45) is 0.441. The second-order valence-electron chi connectivity index (χ2n) is 3.71. The summed E-state index contributed by atoms with van der Waals surface area (Å²) in [6, 6.07) is 5.37. The first-order chi connectivity index (χ1) is 8.22. The summed E-state index contributed by atoms with van der Waals surface area (Å²) in [5.74, 6) is 1.38. The van der Waals surface area contributed by atoms with Crippen molar-refractivity contribution in [3.05, 3.63) is 18.2 Å². The Morgan fingerprint density at radius 1 is 1.29 bits per heavy atom. The van der Waals surface area contributed by atoms with E-state index in [4.69, 9.17) is 9.47 Å². The highest BCUT2D eigenvalue weighted by atomic mass is 16.5. The van der Waals surface area contributed by atoms with E-state index in [0.29, 0.717) is 30.4 Å². The molecule has 0 spiro atoms. The quantitative estimate of drug-likeness (QED) is 0.750. The fourth-order valence-corrected chi connectivity index (χ4v) is 1.60. The van der Waals surface area contributed by atoms with Gasteiger partial charge in [0.25, 0.3) is 0 Å². The van der Waals surface area contributed by atoms with Gasteiger partial charge in [0.2, 0.25) is 0 Å². The Morgan fingerprint density at radius 3 is 2.71 bits per heavy atom. The molecule has 1 aliphatic rings. The van der Waals surface area contributed by atoms with Crippen molar-refractivity contribution in [2.24, 2.45) is 0 Å². The zero-order valence-corrected chi connectivity index (χ0v) is 9.93. The summed E-state index contributed by atoms with van der Waals surface area (Å²) in [6.45, 7) is 1.28. The van der Waals surface area contributed by atoms with E-state index in [-0.39, 0.29) is 0 Å². The lowest BCUT2D eigenvalue weighted by atomic mass is 10.2. The molecule has 92 valence electrons. The first kappa shape index (κ1) is 11.6. The van der Waals surface area contributed by atoms with Gasteiger partial charge in [-0.3, -0.25) is 4.90 Å². The van der Waals surface area contributed by atoms with Crippen LogP contribution >= 0.6 is 0 Å². The van der Waals surface area contributed by atoms with Gasteiger partial charge >= 0.3 is 6.09 Å². The number of benzene rings is 1. The first-order valence-corrected chi connectivity index (χ1v) is 5.43. The Morgan fingerprint density at radius 2 is 2.00 bits per heavy atom. The Kier molecular flexibility index (Phi) is 3.37. The molecule has 0 N–H and O–H groups in total. The Labute approximate surface area is 99.9 Å². The van der Waals surface area contributed by atoms with Crippen LogP contribution in [0.1, 0.15) is 6.42 Å². The molecule has 0 aliphatic carbocycles. The summed E-state index contributed by atoms with van der Waals surface area (Å²) in [5.41, 5.74) is 0.709. The Bertz CT molecular complexity index is 419. The monoisotopic (exact) mass is 237 g/mol. The number of hydrogen-bond donors (Lipinski definition) is 0. The number of methoxy groups -OCH3 is 1. The van der Waals surface area contributed by atoms with E-state index < -0.39 is 6.09 Å². The molecule has 1 amide bonds. The fraction of sp³-hybridized carbons (Fsp3) is 0.417. The van der Waals surface area contributed by atoms with Crippen LogP contribution in [0, 0.1) is 0 Å². The topological polar surface area (TPSA) is 48.0 Å². The van der Waals surface area contributed by atoms with Crippen molar-refractivity contribution in [2.75, 3.05) is 32.3 Å². The predicted octanol–water partition coefficient (Wildman–Crippen LogP) is 2.05. The summed E-state index contributed by atoms with van der Waals surface area (Å²) < 4.78 is 15.7. The lowest BCUT2D eigenvalue weighted by Gasteiger charge is -2.17. The Balaban J connectivity index is 2.26. The van der Waals surface area contributed by atoms with E-state index in [1.54, 1.807) is 25.2 Å². The van der Waals surface area contributed by atoms with Crippen molar-refractivity contribution in [3.63, 3.8) is 0 Å². The largest absolute Gasteiger partial charge is 0.490 e. The highest BCUT2D eigenvalue weighted by Gasteiger charge is 2.15. The van der Waals surface area contributed by atoms with Crippen molar-refractivity contribution in [1.29, 1.82) is 0 Å². The van der Waals surface area contributed by atoms with Crippen LogP contribution < -0.4 is 14.4 Å². The maximum atomic E-state index is 11.4. The van der Waals surface area contributed by atoms with E-state index in [1.165, 1.54) is 12.0 Å². The molecule has 1 heterocycles. The minimum atomic E-state index is -0.417. The van der Waals surface area contributed by atoms with Gasteiger partial charge in [0.05, 0.1) is 26.0 Å². The van der Waals surface area contributed by atoms with Crippen molar-refractivity contribution >= 4 is 11.8 Å². The number of amides is 1. The molecule has 5 heteroatoms. The van der Waals surface area contributed by atoms with Crippen molar-refractivity contribution in [2.45, 2.75) is 6.42 Å². The molecule has 0 bridgehead atoms. The van der Waals surface area contributed by atoms with Gasteiger partial charge < -0.3 is 14.2 Å². The van der Waals surface area contributed by atoms with E-state index in [1.807, 2.05) is 0 Å². The van der Waals surface area contributed by atoms with Gasteiger partial charge in [0.1, 0.15) is 0 Å². The van der Waals surface area contributed by atoms with Gasteiger partial charge in [0, 0.05) is 19.5 Å². The van der Waals surface area contributed by atoms with Crippen LogP contribution in [-0.2, 0) is 4.74 Å². The second-order valence-corrected chi connectivity index (χ2v) is 3.71. The van der Waals surface area contributed by atoms with Crippen LogP contribution in [0.15, 0.2) is 18.2 Å². The fourth-order valence-electron chi connectivity index (χ4n) is 1.60. The van der Waals surface area contributed by atoms with Crippen LogP contribution in [0.3, 0.4) is 0 Å². The zero-order chi connectivity index (χ0) is 12.3. The van der Waals surface area contributed by atoms with Crippen LogP contribution in [0.25, 0.3) is 0 Å². The smallest absolute Gasteiger partial charge is 0.413 e. The number of fused-ring (bicyclic) bond motifs is 1. The molecular formula is C12H15NO4. The summed E-state index contributed by atoms with van der Waals surface area (Å²) >= 11 is 0. The second kappa shape index (κ2) is 4.95. The minimum Gasteiger partial charge on any atom is -0.490 e. The highest BCUT2D eigenvalue weighted by Crippen LogP contribution is 2.33. The molecule has 17 heavy (non-hydrogen) atoms. The van der Waals surface area contributed by atoms with Gasteiger partial charge in [-0.1, -0.05) is 0 Å². The molecule has 1 aliphatic heterocycles. The summed E-state index contributed by atoms with van der Waals surface area (Å²) in [7, 11) is 2.99. The summed E-state index contributed by atoms with van der Waals surface area (Å²) in [4.78, 5) is 12.8. The lowest BCUT2D eigenvalue weighted by molar-refractivity contribution is 0.180. The van der Waals surface area contributed by atoms with Crippen molar-refractivity contribution in [1.82, 2.24) is 0 Å². The van der Waals surface area contributed by atoms with Gasteiger partial charge in [-0.25, -0.2) is 4.79 Å². The normalized spacial score (nSPS) is 13.8. The molecule has 2 rings (SSSR count). The maximum Gasteiger partial charge on any atom is 0.413 e.